The van der Waals surface area contributed by atoms with Crippen molar-refractivity contribution < 1.29 is 14.6 Å². The van der Waals surface area contributed by atoms with Gasteiger partial charge in [0.15, 0.2) is 0 Å². The third-order valence-corrected chi connectivity index (χ3v) is 3.41. The Morgan fingerprint density at radius 2 is 2.10 bits per heavy atom. The molecule has 2 aromatic carbocycles. The maximum Gasteiger partial charge on any atom is 0.328 e. The summed E-state index contributed by atoms with van der Waals surface area (Å²) in [6.07, 6.45) is 3.55. The molecule has 21 heavy (non-hydrogen) atoms. The highest BCUT2D eigenvalue weighted by molar-refractivity contribution is 9.10. The maximum atomic E-state index is 10.7. The van der Waals surface area contributed by atoms with Gasteiger partial charge in [-0.15, -0.1) is 0 Å². The summed E-state index contributed by atoms with van der Waals surface area (Å²) in [5, 5.41) is 8.74. The second kappa shape index (κ2) is 7.09. The fourth-order valence-corrected chi connectivity index (χ4v) is 2.19. The third kappa shape index (κ3) is 4.46. The van der Waals surface area contributed by atoms with Crippen molar-refractivity contribution in [2.45, 2.75) is 13.3 Å². The second-order valence-corrected chi connectivity index (χ2v) is 5.37. The van der Waals surface area contributed by atoms with Crippen molar-refractivity contribution in [2.75, 3.05) is 0 Å². The number of halogens is 1. The van der Waals surface area contributed by atoms with E-state index in [4.69, 9.17) is 9.84 Å². The van der Waals surface area contributed by atoms with Crippen molar-refractivity contribution >= 4 is 28.0 Å². The van der Waals surface area contributed by atoms with Gasteiger partial charge in [-0.05, 0) is 42.3 Å². The second-order valence-electron chi connectivity index (χ2n) is 4.46. The van der Waals surface area contributed by atoms with E-state index >= 15 is 0 Å². The molecule has 0 heterocycles. The lowest BCUT2D eigenvalue weighted by molar-refractivity contribution is -0.131. The van der Waals surface area contributed by atoms with Crippen LogP contribution in [0, 0.1) is 0 Å². The molecule has 108 valence electrons. The lowest BCUT2D eigenvalue weighted by atomic mass is 10.1. The number of carbonyl (C=O) groups is 1. The van der Waals surface area contributed by atoms with Gasteiger partial charge in [-0.2, -0.15) is 0 Å². The summed E-state index contributed by atoms with van der Waals surface area (Å²) in [5.41, 5.74) is 1.90. The van der Waals surface area contributed by atoms with Crippen molar-refractivity contribution in [3.8, 4) is 11.5 Å². The molecule has 0 fully saturated rings. The summed E-state index contributed by atoms with van der Waals surface area (Å²) in [5.74, 6) is 0.351. The largest absolute Gasteiger partial charge is 0.478 e. The summed E-state index contributed by atoms with van der Waals surface area (Å²) in [7, 11) is 0. The zero-order valence-corrected chi connectivity index (χ0v) is 13.1. The van der Waals surface area contributed by atoms with Gasteiger partial charge in [0.1, 0.15) is 11.5 Å². The van der Waals surface area contributed by atoms with Crippen molar-refractivity contribution in [1.82, 2.24) is 0 Å². The Morgan fingerprint density at radius 3 is 2.81 bits per heavy atom. The molecule has 1 N–H and O–H groups in total. The molecule has 0 bridgehead atoms. The van der Waals surface area contributed by atoms with Crippen LogP contribution >= 0.6 is 15.9 Å². The van der Waals surface area contributed by atoms with Crippen LogP contribution in [-0.2, 0) is 11.2 Å². The van der Waals surface area contributed by atoms with Crippen molar-refractivity contribution in [1.29, 1.82) is 0 Å². The van der Waals surface area contributed by atoms with E-state index in [1.165, 1.54) is 11.6 Å². The molecule has 0 aromatic heterocycles. The quantitative estimate of drug-likeness (QED) is 0.783. The van der Waals surface area contributed by atoms with E-state index in [2.05, 4.69) is 22.9 Å². The van der Waals surface area contributed by atoms with Gasteiger partial charge in [-0.3, -0.25) is 0 Å². The summed E-state index contributed by atoms with van der Waals surface area (Å²) in [4.78, 5) is 10.7. The summed E-state index contributed by atoms with van der Waals surface area (Å²) in [6, 6.07) is 13.3. The molecular weight excluding hydrogens is 332 g/mol. The predicted octanol–water partition coefficient (Wildman–Crippen LogP) is 4.90. The number of aliphatic carboxylic acids is 1. The molecule has 0 radical (unpaired) electrons. The zero-order valence-electron chi connectivity index (χ0n) is 11.5. The predicted molar refractivity (Wildman–Crippen MR) is 86.7 cm³/mol. The summed E-state index contributed by atoms with van der Waals surface area (Å²) >= 11 is 3.40. The van der Waals surface area contributed by atoms with Gasteiger partial charge in [0.25, 0.3) is 0 Å². The van der Waals surface area contributed by atoms with E-state index < -0.39 is 5.97 Å². The highest BCUT2D eigenvalue weighted by atomic mass is 79.9. The minimum atomic E-state index is -0.989. The van der Waals surface area contributed by atoms with Crippen LogP contribution in [0.1, 0.15) is 18.1 Å². The van der Waals surface area contributed by atoms with Gasteiger partial charge in [0.05, 0.1) is 0 Å². The third-order valence-electron chi connectivity index (χ3n) is 2.92. The Balaban J connectivity index is 2.33. The molecule has 0 saturated heterocycles. The summed E-state index contributed by atoms with van der Waals surface area (Å²) < 4.78 is 6.76. The van der Waals surface area contributed by atoms with Crippen LogP contribution in [0.15, 0.2) is 53.0 Å². The minimum absolute atomic E-state index is 0.607. The van der Waals surface area contributed by atoms with E-state index in [0.717, 1.165) is 22.7 Å². The number of benzene rings is 2. The molecule has 2 aromatic rings. The normalized spacial score (nSPS) is 10.8. The first kappa shape index (κ1) is 15.3. The SMILES string of the molecule is CCc1cccc(Oc2cc(Br)ccc2/C=C/C(=O)O)c1. The smallest absolute Gasteiger partial charge is 0.328 e. The highest BCUT2D eigenvalue weighted by Gasteiger charge is 2.05. The Labute approximate surface area is 132 Å². The highest BCUT2D eigenvalue weighted by Crippen LogP contribution is 2.30. The number of aryl methyl sites for hydroxylation is 1. The standard InChI is InChI=1S/C17H15BrO3/c1-2-12-4-3-5-15(10-12)21-16-11-14(18)8-6-13(16)7-9-17(19)20/h3-11H,2H2,1H3,(H,19,20)/b9-7+. The van der Waals surface area contributed by atoms with E-state index in [9.17, 15) is 4.79 Å². The van der Waals surface area contributed by atoms with Crippen molar-refractivity contribution in [3.05, 3.63) is 64.1 Å². The topological polar surface area (TPSA) is 46.5 Å². The van der Waals surface area contributed by atoms with E-state index in [1.807, 2.05) is 42.5 Å². The molecule has 0 saturated carbocycles. The average molecular weight is 347 g/mol. The van der Waals surface area contributed by atoms with Crippen molar-refractivity contribution in [3.63, 3.8) is 0 Å². The Kier molecular flexibility index (Phi) is 5.17. The van der Waals surface area contributed by atoms with Gasteiger partial charge in [0, 0.05) is 16.1 Å². The van der Waals surface area contributed by atoms with E-state index in [1.54, 1.807) is 0 Å². The van der Waals surface area contributed by atoms with Gasteiger partial charge < -0.3 is 9.84 Å². The van der Waals surface area contributed by atoms with Crippen LogP contribution in [0.2, 0.25) is 0 Å². The van der Waals surface area contributed by atoms with Crippen LogP contribution in [0.4, 0.5) is 0 Å². The Bertz CT molecular complexity index is 677. The van der Waals surface area contributed by atoms with Gasteiger partial charge in [0.2, 0.25) is 0 Å². The van der Waals surface area contributed by atoms with Gasteiger partial charge in [-0.25, -0.2) is 4.79 Å². The number of carboxylic acids is 1. The minimum Gasteiger partial charge on any atom is -0.478 e. The summed E-state index contributed by atoms with van der Waals surface area (Å²) in [6.45, 7) is 2.08. The van der Waals surface area contributed by atoms with Gasteiger partial charge >= 0.3 is 5.97 Å². The Morgan fingerprint density at radius 1 is 1.29 bits per heavy atom. The van der Waals surface area contributed by atoms with Crippen LogP contribution < -0.4 is 4.74 Å². The lowest BCUT2D eigenvalue weighted by Gasteiger charge is -2.10. The number of carboxylic acid groups (broad SMARTS) is 1. The monoisotopic (exact) mass is 346 g/mol. The average Bonchev–Trinajstić information content (AvgIpc) is 2.46. The molecule has 4 heteroatoms. The lowest BCUT2D eigenvalue weighted by Crippen LogP contribution is -1.91. The van der Waals surface area contributed by atoms with E-state index in [0.29, 0.717) is 11.3 Å². The number of rotatable bonds is 5. The number of ether oxygens (including phenoxy) is 1. The maximum absolute atomic E-state index is 10.7. The molecule has 0 unspecified atom stereocenters. The molecule has 0 amide bonds. The van der Waals surface area contributed by atoms with Crippen molar-refractivity contribution in [2.24, 2.45) is 0 Å². The Hall–Kier alpha value is -2.07. The first-order valence-electron chi connectivity index (χ1n) is 6.56. The number of hydrogen-bond donors (Lipinski definition) is 1. The molecule has 0 aliphatic heterocycles. The van der Waals surface area contributed by atoms with E-state index in [-0.39, 0.29) is 0 Å². The molecule has 0 aliphatic rings. The zero-order chi connectivity index (χ0) is 15.2. The van der Waals surface area contributed by atoms with Crippen LogP contribution in [0.5, 0.6) is 11.5 Å². The molecule has 2 rings (SSSR count). The first-order valence-corrected chi connectivity index (χ1v) is 7.35. The fraction of sp³-hybridized carbons (Fsp3) is 0.118. The molecule has 3 nitrogen and oxygen atoms in total. The first-order chi connectivity index (χ1) is 10.1. The van der Waals surface area contributed by atoms with Gasteiger partial charge in [-0.1, -0.05) is 41.1 Å². The molecular formula is C17H15BrO3. The van der Waals surface area contributed by atoms with Crippen LogP contribution in [0.3, 0.4) is 0 Å². The number of hydrogen-bond acceptors (Lipinski definition) is 2. The van der Waals surface area contributed by atoms with Crippen LogP contribution in [-0.4, -0.2) is 11.1 Å². The fourth-order valence-electron chi connectivity index (χ4n) is 1.85. The molecule has 0 aliphatic carbocycles. The van der Waals surface area contributed by atoms with Crippen LogP contribution in [0.25, 0.3) is 6.08 Å². The molecule has 0 atom stereocenters. The molecule has 0 spiro atoms.